The Labute approximate surface area is 135 Å². The molecule has 0 aliphatic carbocycles. The minimum atomic E-state index is -0.236. The van der Waals surface area contributed by atoms with Gasteiger partial charge in [-0.3, -0.25) is 4.79 Å². The molecule has 23 heavy (non-hydrogen) atoms. The van der Waals surface area contributed by atoms with Crippen molar-refractivity contribution in [3.8, 4) is 0 Å². The fourth-order valence-electron chi connectivity index (χ4n) is 2.86. The van der Waals surface area contributed by atoms with Crippen molar-refractivity contribution in [1.29, 1.82) is 0 Å². The average molecular weight is 313 g/mol. The number of hydrogen-bond donors (Lipinski definition) is 1. The molecule has 0 saturated carbocycles. The highest BCUT2D eigenvalue weighted by atomic mass is 19.1. The van der Waals surface area contributed by atoms with Crippen LogP contribution in [-0.4, -0.2) is 37.0 Å². The summed E-state index contributed by atoms with van der Waals surface area (Å²) in [6, 6.07) is 11.9. The first-order valence-corrected chi connectivity index (χ1v) is 7.70. The first-order chi connectivity index (χ1) is 11.0. The molecule has 0 aromatic heterocycles. The van der Waals surface area contributed by atoms with Gasteiger partial charge in [-0.1, -0.05) is 6.07 Å². The smallest absolute Gasteiger partial charge is 0.254 e. The minimum Gasteiger partial charge on any atom is -0.399 e. The van der Waals surface area contributed by atoms with Crippen molar-refractivity contribution < 1.29 is 9.18 Å². The Balaban J connectivity index is 1.67. The number of hydrogen-bond acceptors (Lipinski definition) is 3. The number of aryl methyl sites for hydroxylation is 1. The van der Waals surface area contributed by atoms with Crippen LogP contribution in [0.15, 0.2) is 42.5 Å². The zero-order valence-corrected chi connectivity index (χ0v) is 13.1. The fraction of sp³-hybridized carbons (Fsp3) is 0.278. The maximum absolute atomic E-state index is 13.0. The van der Waals surface area contributed by atoms with E-state index < -0.39 is 0 Å². The van der Waals surface area contributed by atoms with Gasteiger partial charge in [-0.2, -0.15) is 0 Å². The summed E-state index contributed by atoms with van der Waals surface area (Å²) in [5.41, 5.74) is 8.98. The van der Waals surface area contributed by atoms with Gasteiger partial charge in [0, 0.05) is 43.1 Å². The summed E-state index contributed by atoms with van der Waals surface area (Å²) in [5.74, 6) is -0.215. The Hall–Kier alpha value is -2.56. The number of benzene rings is 2. The number of nitrogens with two attached hydrogens (primary N) is 1. The van der Waals surface area contributed by atoms with Gasteiger partial charge in [-0.05, 0) is 48.9 Å². The highest BCUT2D eigenvalue weighted by Crippen LogP contribution is 2.19. The predicted molar refractivity (Wildman–Crippen MR) is 90.1 cm³/mol. The highest BCUT2D eigenvalue weighted by molar-refractivity contribution is 5.96. The normalized spacial score (nSPS) is 14.9. The third-order valence-electron chi connectivity index (χ3n) is 4.25. The third kappa shape index (κ3) is 3.28. The lowest BCUT2D eigenvalue weighted by molar-refractivity contribution is 0.0746. The number of piperazine rings is 1. The van der Waals surface area contributed by atoms with Crippen LogP contribution in [0.3, 0.4) is 0 Å². The van der Waals surface area contributed by atoms with Crippen molar-refractivity contribution in [2.45, 2.75) is 6.92 Å². The van der Waals surface area contributed by atoms with Gasteiger partial charge in [-0.25, -0.2) is 4.39 Å². The second kappa shape index (κ2) is 6.28. The van der Waals surface area contributed by atoms with E-state index in [9.17, 15) is 9.18 Å². The van der Waals surface area contributed by atoms with E-state index in [-0.39, 0.29) is 11.7 Å². The highest BCUT2D eigenvalue weighted by Gasteiger charge is 2.23. The number of nitrogens with zero attached hydrogens (tertiary/aromatic N) is 2. The minimum absolute atomic E-state index is 0.0218. The van der Waals surface area contributed by atoms with Gasteiger partial charge in [0.1, 0.15) is 5.82 Å². The summed E-state index contributed by atoms with van der Waals surface area (Å²) >= 11 is 0. The van der Waals surface area contributed by atoms with E-state index in [0.29, 0.717) is 24.3 Å². The fourth-order valence-corrected chi connectivity index (χ4v) is 2.86. The molecule has 0 radical (unpaired) electrons. The number of amides is 1. The van der Waals surface area contributed by atoms with Crippen LogP contribution in [0.5, 0.6) is 0 Å². The van der Waals surface area contributed by atoms with Crippen molar-refractivity contribution in [1.82, 2.24) is 4.90 Å². The standard InChI is InChI=1S/C18H20FN3O/c1-13-2-5-15(20)12-17(13)18(23)22-10-8-21(9-11-22)16-6-3-14(19)4-7-16/h2-7,12H,8-11,20H2,1H3. The second-order valence-corrected chi connectivity index (χ2v) is 5.83. The molecule has 1 fully saturated rings. The summed E-state index contributed by atoms with van der Waals surface area (Å²) in [7, 11) is 0. The number of carbonyl (C=O) groups excluding carboxylic acids is 1. The van der Waals surface area contributed by atoms with Crippen LogP contribution < -0.4 is 10.6 Å². The predicted octanol–water partition coefficient (Wildman–Crippen LogP) is 2.68. The van der Waals surface area contributed by atoms with Crippen molar-refractivity contribution in [2.75, 3.05) is 36.8 Å². The molecule has 2 N–H and O–H groups in total. The molecule has 0 unspecified atom stereocenters. The Morgan fingerprint density at radius 3 is 2.35 bits per heavy atom. The van der Waals surface area contributed by atoms with E-state index in [1.807, 2.05) is 17.9 Å². The molecule has 1 aliphatic heterocycles. The van der Waals surface area contributed by atoms with Crippen LogP contribution in [0.2, 0.25) is 0 Å². The van der Waals surface area contributed by atoms with Gasteiger partial charge in [0.25, 0.3) is 5.91 Å². The summed E-state index contributed by atoms with van der Waals surface area (Å²) in [5, 5.41) is 0. The first-order valence-electron chi connectivity index (χ1n) is 7.70. The maximum Gasteiger partial charge on any atom is 0.254 e. The largest absolute Gasteiger partial charge is 0.399 e. The van der Waals surface area contributed by atoms with Gasteiger partial charge in [0.2, 0.25) is 0 Å². The van der Waals surface area contributed by atoms with Crippen molar-refractivity contribution >= 4 is 17.3 Å². The zero-order valence-electron chi connectivity index (χ0n) is 13.1. The van der Waals surface area contributed by atoms with Gasteiger partial charge in [-0.15, -0.1) is 0 Å². The number of carbonyl (C=O) groups is 1. The van der Waals surface area contributed by atoms with E-state index in [4.69, 9.17) is 5.73 Å². The van der Waals surface area contributed by atoms with E-state index in [1.165, 1.54) is 12.1 Å². The topological polar surface area (TPSA) is 49.6 Å². The molecule has 2 aromatic rings. The number of rotatable bonds is 2. The molecule has 1 amide bonds. The van der Waals surface area contributed by atoms with Gasteiger partial charge in [0.15, 0.2) is 0 Å². The van der Waals surface area contributed by atoms with E-state index in [0.717, 1.165) is 24.3 Å². The summed E-state index contributed by atoms with van der Waals surface area (Å²) in [4.78, 5) is 16.7. The Bertz CT molecular complexity index is 707. The number of anilines is 2. The molecule has 1 heterocycles. The molecule has 5 heteroatoms. The molecule has 0 spiro atoms. The SMILES string of the molecule is Cc1ccc(N)cc1C(=O)N1CCN(c2ccc(F)cc2)CC1. The molecule has 1 aliphatic rings. The molecule has 2 aromatic carbocycles. The lowest BCUT2D eigenvalue weighted by Crippen LogP contribution is -2.49. The van der Waals surface area contributed by atoms with Crippen molar-refractivity contribution in [3.63, 3.8) is 0 Å². The van der Waals surface area contributed by atoms with Crippen LogP contribution in [0, 0.1) is 12.7 Å². The van der Waals surface area contributed by atoms with Gasteiger partial charge >= 0.3 is 0 Å². The maximum atomic E-state index is 13.0. The molecular formula is C18H20FN3O. The monoisotopic (exact) mass is 313 g/mol. The Morgan fingerprint density at radius 1 is 1.04 bits per heavy atom. The van der Waals surface area contributed by atoms with Crippen LogP contribution in [0.4, 0.5) is 15.8 Å². The van der Waals surface area contributed by atoms with Crippen molar-refractivity contribution in [2.24, 2.45) is 0 Å². The zero-order chi connectivity index (χ0) is 16.4. The molecule has 4 nitrogen and oxygen atoms in total. The lowest BCUT2D eigenvalue weighted by atomic mass is 10.1. The third-order valence-corrected chi connectivity index (χ3v) is 4.25. The molecule has 3 rings (SSSR count). The number of halogens is 1. The van der Waals surface area contributed by atoms with Crippen molar-refractivity contribution in [3.05, 3.63) is 59.4 Å². The molecule has 120 valence electrons. The van der Waals surface area contributed by atoms with Gasteiger partial charge < -0.3 is 15.5 Å². The molecular weight excluding hydrogens is 293 g/mol. The van der Waals surface area contributed by atoms with Crippen LogP contribution in [-0.2, 0) is 0 Å². The lowest BCUT2D eigenvalue weighted by Gasteiger charge is -2.36. The van der Waals surface area contributed by atoms with Crippen LogP contribution >= 0.6 is 0 Å². The molecule has 1 saturated heterocycles. The van der Waals surface area contributed by atoms with Crippen LogP contribution in [0.1, 0.15) is 15.9 Å². The van der Waals surface area contributed by atoms with E-state index in [1.54, 1.807) is 24.3 Å². The van der Waals surface area contributed by atoms with E-state index >= 15 is 0 Å². The van der Waals surface area contributed by atoms with Crippen LogP contribution in [0.25, 0.3) is 0 Å². The average Bonchev–Trinajstić information content (AvgIpc) is 2.57. The quantitative estimate of drug-likeness (QED) is 0.867. The molecule has 0 bridgehead atoms. The summed E-state index contributed by atoms with van der Waals surface area (Å²) in [6.07, 6.45) is 0. The number of nitrogen functional groups attached to an aromatic ring is 1. The Kier molecular flexibility index (Phi) is 4.19. The summed E-state index contributed by atoms with van der Waals surface area (Å²) in [6.45, 7) is 4.67. The summed E-state index contributed by atoms with van der Waals surface area (Å²) < 4.78 is 13.0. The van der Waals surface area contributed by atoms with E-state index in [2.05, 4.69) is 4.90 Å². The first kappa shape index (κ1) is 15.3. The van der Waals surface area contributed by atoms with Gasteiger partial charge in [0.05, 0.1) is 0 Å². The second-order valence-electron chi connectivity index (χ2n) is 5.83. The molecule has 0 atom stereocenters. The Morgan fingerprint density at radius 2 is 1.70 bits per heavy atom.